The van der Waals surface area contributed by atoms with Gasteiger partial charge in [-0.25, -0.2) is 9.18 Å². The number of pyridine rings is 1. The zero-order valence-corrected chi connectivity index (χ0v) is 10.8. The monoisotopic (exact) mass is 286 g/mol. The Morgan fingerprint density at radius 2 is 2.05 bits per heavy atom. The first-order valence-corrected chi connectivity index (χ1v) is 5.97. The summed E-state index contributed by atoms with van der Waals surface area (Å²) >= 11 is 0. The smallest absolute Gasteiger partial charge is 0.328 e. The lowest BCUT2D eigenvalue weighted by Crippen LogP contribution is -2.12. The number of carbonyl (C=O) groups is 2. The molecule has 0 unspecified atom stereocenters. The van der Waals surface area contributed by atoms with Crippen LogP contribution in [0.15, 0.2) is 48.8 Å². The number of anilines is 1. The average molecular weight is 286 g/mol. The summed E-state index contributed by atoms with van der Waals surface area (Å²) in [7, 11) is 0. The first-order chi connectivity index (χ1) is 10.0. The first kappa shape index (κ1) is 14.4. The lowest BCUT2D eigenvalue weighted by Gasteiger charge is -2.05. The maximum Gasteiger partial charge on any atom is 0.328 e. The fraction of sp³-hybridized carbons (Fsp3) is 0. The van der Waals surface area contributed by atoms with E-state index in [1.165, 1.54) is 42.7 Å². The lowest BCUT2D eigenvalue weighted by atomic mass is 10.2. The third-order valence-electron chi connectivity index (χ3n) is 2.52. The Hall–Kier alpha value is -3.02. The van der Waals surface area contributed by atoms with E-state index in [4.69, 9.17) is 5.11 Å². The second-order valence-corrected chi connectivity index (χ2v) is 4.14. The summed E-state index contributed by atoms with van der Waals surface area (Å²) in [6, 6.07) is 6.99. The Morgan fingerprint density at radius 1 is 1.24 bits per heavy atom. The van der Waals surface area contributed by atoms with Crippen LogP contribution < -0.4 is 5.32 Å². The number of aromatic nitrogens is 1. The number of carboxylic acid groups (broad SMARTS) is 1. The number of carboxylic acids is 1. The SMILES string of the molecule is O=C(O)C=Cc1cncc(C(=O)Nc2cccc(F)c2)c1. The molecular weight excluding hydrogens is 275 g/mol. The van der Waals surface area contributed by atoms with Crippen molar-refractivity contribution in [2.45, 2.75) is 0 Å². The molecule has 0 saturated carbocycles. The van der Waals surface area contributed by atoms with Crippen molar-refractivity contribution in [3.8, 4) is 0 Å². The van der Waals surface area contributed by atoms with Crippen molar-refractivity contribution in [2.75, 3.05) is 5.32 Å². The minimum Gasteiger partial charge on any atom is -0.478 e. The Morgan fingerprint density at radius 3 is 2.76 bits per heavy atom. The number of nitrogens with one attached hydrogen (secondary N) is 1. The molecule has 0 spiro atoms. The van der Waals surface area contributed by atoms with Crippen LogP contribution in [0.3, 0.4) is 0 Å². The van der Waals surface area contributed by atoms with Crippen LogP contribution in [0.4, 0.5) is 10.1 Å². The summed E-state index contributed by atoms with van der Waals surface area (Å²) < 4.78 is 13.0. The van der Waals surface area contributed by atoms with Gasteiger partial charge in [-0.2, -0.15) is 0 Å². The second kappa shape index (κ2) is 6.42. The minimum atomic E-state index is -1.09. The van der Waals surface area contributed by atoms with Gasteiger partial charge in [-0.05, 0) is 35.9 Å². The highest BCUT2D eigenvalue weighted by Gasteiger charge is 2.07. The molecule has 0 radical (unpaired) electrons. The number of halogens is 1. The van der Waals surface area contributed by atoms with E-state index >= 15 is 0 Å². The molecule has 1 amide bonds. The zero-order chi connectivity index (χ0) is 15.2. The predicted octanol–water partition coefficient (Wildman–Crippen LogP) is 2.57. The number of rotatable bonds is 4. The van der Waals surface area contributed by atoms with Crippen LogP contribution >= 0.6 is 0 Å². The highest BCUT2D eigenvalue weighted by molar-refractivity contribution is 6.04. The molecule has 1 heterocycles. The molecule has 0 aliphatic heterocycles. The molecule has 2 N–H and O–H groups in total. The van der Waals surface area contributed by atoms with E-state index in [1.54, 1.807) is 6.07 Å². The molecular formula is C15H11FN2O3. The summed E-state index contributed by atoms with van der Waals surface area (Å²) in [4.78, 5) is 26.3. The van der Waals surface area contributed by atoms with Gasteiger partial charge in [-0.15, -0.1) is 0 Å². The third kappa shape index (κ3) is 4.24. The maximum absolute atomic E-state index is 13.0. The van der Waals surface area contributed by atoms with Gasteiger partial charge in [-0.1, -0.05) is 6.07 Å². The van der Waals surface area contributed by atoms with Gasteiger partial charge in [0.2, 0.25) is 0 Å². The van der Waals surface area contributed by atoms with E-state index in [1.807, 2.05) is 0 Å². The topological polar surface area (TPSA) is 79.3 Å². The molecule has 1 aromatic carbocycles. The quantitative estimate of drug-likeness (QED) is 0.847. The van der Waals surface area contributed by atoms with Gasteiger partial charge < -0.3 is 10.4 Å². The van der Waals surface area contributed by atoms with E-state index < -0.39 is 17.7 Å². The van der Waals surface area contributed by atoms with E-state index in [0.29, 0.717) is 11.3 Å². The van der Waals surface area contributed by atoms with E-state index in [9.17, 15) is 14.0 Å². The van der Waals surface area contributed by atoms with E-state index in [2.05, 4.69) is 10.3 Å². The van der Waals surface area contributed by atoms with Gasteiger partial charge in [0.1, 0.15) is 5.82 Å². The van der Waals surface area contributed by atoms with Gasteiger partial charge in [0.15, 0.2) is 0 Å². The van der Waals surface area contributed by atoms with E-state index in [0.717, 1.165) is 6.08 Å². The Kier molecular flexibility index (Phi) is 4.40. The van der Waals surface area contributed by atoms with Crippen molar-refractivity contribution >= 4 is 23.6 Å². The second-order valence-electron chi connectivity index (χ2n) is 4.14. The lowest BCUT2D eigenvalue weighted by molar-refractivity contribution is -0.131. The standard InChI is InChI=1S/C15H11FN2O3/c16-12-2-1-3-13(7-12)18-15(21)11-6-10(8-17-9-11)4-5-14(19)20/h1-9H,(H,18,21)(H,19,20). The van der Waals surface area contributed by atoms with Gasteiger partial charge in [0.05, 0.1) is 5.56 Å². The fourth-order valence-corrected chi connectivity index (χ4v) is 1.61. The van der Waals surface area contributed by atoms with Crippen LogP contribution in [0.5, 0.6) is 0 Å². The van der Waals surface area contributed by atoms with Crippen molar-refractivity contribution < 1.29 is 19.1 Å². The molecule has 6 heteroatoms. The van der Waals surface area contributed by atoms with Gasteiger partial charge in [0, 0.05) is 24.2 Å². The number of nitrogens with zero attached hydrogens (tertiary/aromatic N) is 1. The van der Waals surface area contributed by atoms with Crippen LogP contribution in [0, 0.1) is 5.82 Å². The summed E-state index contributed by atoms with van der Waals surface area (Å²) in [6.45, 7) is 0. The molecule has 0 saturated heterocycles. The third-order valence-corrected chi connectivity index (χ3v) is 2.52. The number of carbonyl (C=O) groups excluding carboxylic acids is 1. The molecule has 0 atom stereocenters. The van der Waals surface area contributed by atoms with Crippen LogP contribution in [0.2, 0.25) is 0 Å². The van der Waals surface area contributed by atoms with Gasteiger partial charge in [0.25, 0.3) is 5.91 Å². The number of amides is 1. The average Bonchev–Trinajstić information content (AvgIpc) is 2.45. The Labute approximate surface area is 119 Å². The Bertz CT molecular complexity index is 714. The molecule has 0 fully saturated rings. The summed E-state index contributed by atoms with van der Waals surface area (Å²) in [5.41, 5.74) is 1.04. The molecule has 21 heavy (non-hydrogen) atoms. The predicted molar refractivity (Wildman–Crippen MR) is 75.3 cm³/mol. The number of hydrogen-bond acceptors (Lipinski definition) is 3. The minimum absolute atomic E-state index is 0.242. The number of benzene rings is 1. The van der Waals surface area contributed by atoms with Crippen molar-refractivity contribution in [2.24, 2.45) is 0 Å². The number of hydrogen-bond donors (Lipinski definition) is 2. The molecule has 1 aromatic heterocycles. The molecule has 5 nitrogen and oxygen atoms in total. The van der Waals surface area contributed by atoms with Crippen molar-refractivity contribution in [1.82, 2.24) is 4.98 Å². The van der Waals surface area contributed by atoms with Crippen LogP contribution in [0.1, 0.15) is 15.9 Å². The largest absolute Gasteiger partial charge is 0.478 e. The summed E-state index contributed by atoms with van der Waals surface area (Å²) in [5.74, 6) is -2.01. The highest BCUT2D eigenvalue weighted by Crippen LogP contribution is 2.12. The zero-order valence-electron chi connectivity index (χ0n) is 10.8. The fourth-order valence-electron chi connectivity index (χ4n) is 1.61. The number of aliphatic carboxylic acids is 1. The Balaban J connectivity index is 2.16. The molecule has 0 aliphatic rings. The normalized spacial score (nSPS) is 10.5. The van der Waals surface area contributed by atoms with Crippen LogP contribution in [-0.4, -0.2) is 22.0 Å². The summed E-state index contributed by atoms with van der Waals surface area (Å²) in [6.07, 6.45) is 5.05. The molecule has 106 valence electrons. The van der Waals surface area contributed by atoms with Crippen LogP contribution in [-0.2, 0) is 4.79 Å². The highest BCUT2D eigenvalue weighted by atomic mass is 19.1. The van der Waals surface area contributed by atoms with Gasteiger partial charge in [-0.3, -0.25) is 9.78 Å². The van der Waals surface area contributed by atoms with E-state index in [-0.39, 0.29) is 5.56 Å². The van der Waals surface area contributed by atoms with Crippen molar-refractivity contribution in [3.63, 3.8) is 0 Å². The van der Waals surface area contributed by atoms with Crippen LogP contribution in [0.25, 0.3) is 6.08 Å². The molecule has 2 rings (SSSR count). The summed E-state index contributed by atoms with van der Waals surface area (Å²) in [5, 5.41) is 11.1. The molecule has 0 bridgehead atoms. The first-order valence-electron chi connectivity index (χ1n) is 5.97. The van der Waals surface area contributed by atoms with Crippen molar-refractivity contribution in [1.29, 1.82) is 0 Å². The van der Waals surface area contributed by atoms with Crippen molar-refractivity contribution in [3.05, 3.63) is 65.7 Å². The van der Waals surface area contributed by atoms with Gasteiger partial charge >= 0.3 is 5.97 Å². The molecule has 2 aromatic rings. The molecule has 0 aliphatic carbocycles. The maximum atomic E-state index is 13.0.